The number of carbonyl (C=O) groups is 1. The van der Waals surface area contributed by atoms with Gasteiger partial charge in [0.25, 0.3) is 0 Å². The fourth-order valence-electron chi connectivity index (χ4n) is 3.58. The molecule has 1 saturated heterocycles. The zero-order valence-corrected chi connectivity index (χ0v) is 12.6. The minimum Gasteiger partial charge on any atom is -0.308 e. The average Bonchev–Trinajstić information content (AvgIpc) is 2.61. The summed E-state index contributed by atoms with van der Waals surface area (Å²) in [5.74, 6) is 0.826. The Balaban J connectivity index is 2.00. The number of nitrogens with zero attached hydrogens (tertiary/aromatic N) is 1. The highest BCUT2D eigenvalue weighted by molar-refractivity contribution is 5.98. The van der Waals surface area contributed by atoms with Crippen LogP contribution in [0.2, 0.25) is 0 Å². The van der Waals surface area contributed by atoms with Crippen LogP contribution in [-0.4, -0.2) is 25.0 Å². The minimum absolute atomic E-state index is 0.165. The summed E-state index contributed by atoms with van der Waals surface area (Å²) in [7, 11) is 1.88. The minimum atomic E-state index is -0.165. The molecule has 0 saturated carbocycles. The fourth-order valence-corrected chi connectivity index (χ4v) is 3.58. The molecule has 4 unspecified atom stereocenters. The molecule has 3 nitrogen and oxygen atoms in total. The van der Waals surface area contributed by atoms with E-state index in [0.29, 0.717) is 5.92 Å². The van der Waals surface area contributed by atoms with Crippen molar-refractivity contribution in [3.8, 4) is 0 Å². The normalized spacial score (nSPS) is 31.9. The Labute approximate surface area is 126 Å². The second kappa shape index (κ2) is 5.86. The number of rotatable bonds is 2. The largest absolute Gasteiger partial charge is 0.308 e. The van der Waals surface area contributed by atoms with Crippen molar-refractivity contribution in [1.29, 1.82) is 0 Å². The van der Waals surface area contributed by atoms with Crippen LogP contribution in [0.1, 0.15) is 13.3 Å². The van der Waals surface area contributed by atoms with Gasteiger partial charge < -0.3 is 10.2 Å². The predicted octanol–water partition coefficient (Wildman–Crippen LogP) is 2.76. The number of allylic oxidation sites excluding steroid dienone is 3. The summed E-state index contributed by atoms with van der Waals surface area (Å²) in [5.41, 5.74) is 0.988. The Kier molecular flexibility index (Phi) is 3.93. The topological polar surface area (TPSA) is 32.3 Å². The molecular formula is C18H22N2O. The molecule has 21 heavy (non-hydrogen) atoms. The third kappa shape index (κ3) is 2.54. The Morgan fingerprint density at radius 1 is 1.14 bits per heavy atom. The summed E-state index contributed by atoms with van der Waals surface area (Å²) in [6.07, 6.45) is 9.56. The fraction of sp³-hybridized carbons (Fsp3) is 0.389. The van der Waals surface area contributed by atoms with E-state index in [2.05, 4.69) is 36.5 Å². The van der Waals surface area contributed by atoms with Crippen LogP contribution in [0.25, 0.3) is 0 Å². The second-order valence-electron chi connectivity index (χ2n) is 5.91. The van der Waals surface area contributed by atoms with Crippen molar-refractivity contribution in [1.82, 2.24) is 5.32 Å². The van der Waals surface area contributed by atoms with Gasteiger partial charge in [-0.3, -0.25) is 4.79 Å². The lowest BCUT2D eigenvalue weighted by Crippen LogP contribution is -2.49. The molecule has 1 aromatic rings. The van der Waals surface area contributed by atoms with Gasteiger partial charge in [0, 0.05) is 17.6 Å². The Bertz CT molecular complexity index is 564. The first-order valence-electron chi connectivity index (χ1n) is 7.62. The summed E-state index contributed by atoms with van der Waals surface area (Å²) in [4.78, 5) is 15.0. The number of hydrogen-bond donors (Lipinski definition) is 1. The Morgan fingerprint density at radius 3 is 2.57 bits per heavy atom. The van der Waals surface area contributed by atoms with E-state index in [1.807, 2.05) is 42.3 Å². The lowest BCUT2D eigenvalue weighted by atomic mass is 9.81. The molecule has 1 heterocycles. The van der Waals surface area contributed by atoms with Crippen molar-refractivity contribution in [2.24, 2.45) is 11.8 Å². The van der Waals surface area contributed by atoms with Crippen molar-refractivity contribution in [3.05, 3.63) is 54.6 Å². The molecular weight excluding hydrogens is 260 g/mol. The van der Waals surface area contributed by atoms with Gasteiger partial charge in [-0.15, -0.1) is 0 Å². The highest BCUT2D eigenvalue weighted by Gasteiger charge is 2.40. The van der Waals surface area contributed by atoms with E-state index in [1.165, 1.54) is 0 Å². The molecule has 0 bridgehead atoms. The maximum Gasteiger partial charge on any atom is 0.244 e. The molecule has 1 aliphatic heterocycles. The van der Waals surface area contributed by atoms with E-state index in [1.54, 1.807) is 0 Å². The van der Waals surface area contributed by atoms with Crippen molar-refractivity contribution in [2.45, 2.75) is 25.4 Å². The van der Waals surface area contributed by atoms with Crippen molar-refractivity contribution < 1.29 is 4.79 Å². The number of benzene rings is 1. The molecule has 4 atom stereocenters. The number of anilines is 1. The van der Waals surface area contributed by atoms with Gasteiger partial charge in [-0.2, -0.15) is 0 Å². The summed E-state index contributed by atoms with van der Waals surface area (Å²) in [5, 5.41) is 3.24. The van der Waals surface area contributed by atoms with Crippen LogP contribution in [-0.2, 0) is 4.79 Å². The van der Waals surface area contributed by atoms with Crippen LogP contribution in [0.5, 0.6) is 0 Å². The molecule has 3 rings (SSSR count). The quantitative estimate of drug-likeness (QED) is 0.904. The molecule has 3 heteroatoms. The molecule has 0 spiro atoms. The molecule has 2 aliphatic rings. The van der Waals surface area contributed by atoms with Crippen molar-refractivity contribution in [2.75, 3.05) is 11.9 Å². The Hall–Kier alpha value is -1.87. The first-order chi connectivity index (χ1) is 10.2. The van der Waals surface area contributed by atoms with Gasteiger partial charge in [0.05, 0.1) is 6.04 Å². The van der Waals surface area contributed by atoms with Crippen LogP contribution >= 0.6 is 0 Å². The van der Waals surface area contributed by atoms with E-state index >= 15 is 0 Å². The van der Waals surface area contributed by atoms with Crippen LogP contribution in [0.3, 0.4) is 0 Å². The van der Waals surface area contributed by atoms with E-state index < -0.39 is 0 Å². The lowest BCUT2D eigenvalue weighted by Gasteiger charge is -2.30. The smallest absolute Gasteiger partial charge is 0.244 e. The van der Waals surface area contributed by atoms with Gasteiger partial charge in [-0.1, -0.05) is 42.5 Å². The number of carbonyl (C=O) groups excluding carboxylic acids is 1. The molecule has 110 valence electrons. The van der Waals surface area contributed by atoms with Gasteiger partial charge in [-0.25, -0.2) is 0 Å². The van der Waals surface area contributed by atoms with Crippen molar-refractivity contribution in [3.63, 3.8) is 0 Å². The predicted molar refractivity (Wildman–Crippen MR) is 86.1 cm³/mol. The Morgan fingerprint density at radius 2 is 1.86 bits per heavy atom. The first kappa shape index (κ1) is 14.1. The number of likely N-dealkylation sites (N-methyl/N-ethyl adjacent to an activating group) is 1. The highest BCUT2D eigenvalue weighted by atomic mass is 16.2. The summed E-state index contributed by atoms with van der Waals surface area (Å²) < 4.78 is 0. The van der Waals surface area contributed by atoms with Gasteiger partial charge in [0.15, 0.2) is 0 Å². The zero-order chi connectivity index (χ0) is 14.8. The van der Waals surface area contributed by atoms with Crippen LogP contribution in [0.4, 0.5) is 5.69 Å². The zero-order valence-electron chi connectivity index (χ0n) is 12.6. The number of hydrogen-bond acceptors (Lipinski definition) is 2. The molecule has 1 aromatic carbocycles. The molecule has 0 radical (unpaired) electrons. The van der Waals surface area contributed by atoms with E-state index in [9.17, 15) is 4.79 Å². The molecule has 1 amide bonds. The standard InChI is InChI=1S/C18H22N2O/c1-13-12-14-8-6-7-11-16(14)17(19-2)18(21)20(13)15-9-4-3-5-10-15/h3-11,13-14,16-17,19H,12H2,1-2H3. The summed E-state index contributed by atoms with van der Waals surface area (Å²) in [6, 6.07) is 10.0. The lowest BCUT2D eigenvalue weighted by molar-refractivity contribution is -0.121. The first-order valence-corrected chi connectivity index (χ1v) is 7.62. The summed E-state index contributed by atoms with van der Waals surface area (Å²) in [6.45, 7) is 2.14. The van der Waals surface area contributed by atoms with Gasteiger partial charge in [0.1, 0.15) is 0 Å². The number of para-hydroxylation sites is 1. The van der Waals surface area contributed by atoms with Crippen LogP contribution < -0.4 is 10.2 Å². The van der Waals surface area contributed by atoms with E-state index in [0.717, 1.165) is 12.1 Å². The average molecular weight is 282 g/mol. The maximum absolute atomic E-state index is 13.0. The van der Waals surface area contributed by atoms with E-state index in [4.69, 9.17) is 0 Å². The SMILES string of the molecule is CNC1C(=O)N(c2ccccc2)C(C)CC2C=CC=CC21. The van der Waals surface area contributed by atoms with Gasteiger partial charge in [0.2, 0.25) is 5.91 Å². The number of amides is 1. The van der Waals surface area contributed by atoms with Crippen LogP contribution in [0.15, 0.2) is 54.6 Å². The van der Waals surface area contributed by atoms with Gasteiger partial charge >= 0.3 is 0 Å². The molecule has 1 N–H and O–H groups in total. The highest BCUT2D eigenvalue weighted by Crippen LogP contribution is 2.34. The van der Waals surface area contributed by atoms with E-state index in [-0.39, 0.29) is 23.9 Å². The monoisotopic (exact) mass is 282 g/mol. The third-order valence-electron chi connectivity index (χ3n) is 4.58. The second-order valence-corrected chi connectivity index (χ2v) is 5.91. The van der Waals surface area contributed by atoms with Gasteiger partial charge in [-0.05, 0) is 38.4 Å². The van der Waals surface area contributed by atoms with Crippen LogP contribution in [0, 0.1) is 11.8 Å². The summed E-state index contributed by atoms with van der Waals surface area (Å²) >= 11 is 0. The molecule has 0 aromatic heterocycles. The molecule has 1 aliphatic carbocycles. The van der Waals surface area contributed by atoms with Crippen molar-refractivity contribution >= 4 is 11.6 Å². The third-order valence-corrected chi connectivity index (χ3v) is 4.58. The molecule has 1 fully saturated rings. The maximum atomic E-state index is 13.0. The number of nitrogens with one attached hydrogen (secondary N) is 1. The number of fused-ring (bicyclic) bond motifs is 1.